The molecule has 2 bridgehead atoms. The minimum Gasteiger partial charge on any atom is -0.497 e. The van der Waals surface area contributed by atoms with Gasteiger partial charge in [-0.25, -0.2) is 9.59 Å². The summed E-state index contributed by atoms with van der Waals surface area (Å²) in [6, 6.07) is 29.2. The molecule has 1 aliphatic heterocycles. The van der Waals surface area contributed by atoms with E-state index in [1.807, 2.05) is 97.1 Å². The van der Waals surface area contributed by atoms with Crippen LogP contribution in [0.2, 0.25) is 0 Å². The van der Waals surface area contributed by atoms with Crippen molar-refractivity contribution in [3.05, 3.63) is 156 Å². The van der Waals surface area contributed by atoms with Crippen LogP contribution in [-0.2, 0) is 43.5 Å². The Labute approximate surface area is 354 Å². The predicted octanol–water partition coefficient (Wildman–Crippen LogP) is 6.60. The highest BCUT2D eigenvalue weighted by Crippen LogP contribution is 2.33. The van der Waals surface area contributed by atoms with E-state index in [2.05, 4.69) is 22.8 Å². The van der Waals surface area contributed by atoms with Crippen LogP contribution in [0.5, 0.6) is 17.2 Å². The zero-order valence-electron chi connectivity index (χ0n) is 34.0. The number of methoxy groups -OCH3 is 1. The summed E-state index contributed by atoms with van der Waals surface area (Å²) in [5.74, 6) is -0.327. The Bertz CT molecular complexity index is 2390. The summed E-state index contributed by atoms with van der Waals surface area (Å²) < 4.78 is 29.2. The molecule has 3 unspecified atom stereocenters. The van der Waals surface area contributed by atoms with Crippen molar-refractivity contribution in [1.82, 2.24) is 20.5 Å². The average molecular weight is 825 g/mol. The number of rotatable bonds is 12. The topological polar surface area (TPSA) is 155 Å². The lowest BCUT2D eigenvalue weighted by Crippen LogP contribution is -2.57. The maximum atomic E-state index is 14.6. The highest BCUT2D eigenvalue weighted by molar-refractivity contribution is 5.93. The van der Waals surface area contributed by atoms with E-state index in [1.54, 1.807) is 31.4 Å². The van der Waals surface area contributed by atoms with Crippen LogP contribution in [0.4, 0.5) is 4.79 Å². The number of benzene rings is 4. The molecule has 314 valence electrons. The van der Waals surface area contributed by atoms with E-state index in [0.717, 1.165) is 28.6 Å². The molecule has 13 heteroatoms. The third-order valence-electron chi connectivity index (χ3n) is 10.5. The first-order chi connectivity index (χ1) is 29.7. The predicted molar refractivity (Wildman–Crippen MR) is 228 cm³/mol. The van der Waals surface area contributed by atoms with Crippen LogP contribution >= 0.6 is 0 Å². The molecule has 4 atom stereocenters. The van der Waals surface area contributed by atoms with Crippen LogP contribution in [0.15, 0.2) is 133 Å². The van der Waals surface area contributed by atoms with Gasteiger partial charge in [-0.3, -0.25) is 14.6 Å². The quantitative estimate of drug-likeness (QED) is 0.132. The molecule has 2 heterocycles. The molecule has 5 aromatic rings. The molecule has 1 aromatic heterocycles. The van der Waals surface area contributed by atoms with E-state index < -0.39 is 42.0 Å². The summed E-state index contributed by atoms with van der Waals surface area (Å²) in [5.41, 5.74) is 3.68. The monoisotopic (exact) mass is 824 g/mol. The molecule has 0 fully saturated rings. The number of amides is 3. The van der Waals surface area contributed by atoms with Gasteiger partial charge >= 0.3 is 12.1 Å². The van der Waals surface area contributed by atoms with E-state index in [-0.39, 0.29) is 45.2 Å². The fraction of sp³-hybridized carbons (Fsp3) is 0.271. The second-order valence-corrected chi connectivity index (χ2v) is 14.8. The molecule has 0 saturated heterocycles. The number of nitrogens with one attached hydrogen (secondary N) is 2. The Morgan fingerprint density at radius 2 is 1.64 bits per heavy atom. The van der Waals surface area contributed by atoms with Crippen molar-refractivity contribution in [3.8, 4) is 17.2 Å². The van der Waals surface area contributed by atoms with Crippen LogP contribution < -0.4 is 24.8 Å². The number of fused-ring (bicyclic) bond motifs is 3. The molecule has 0 spiro atoms. The molecule has 0 saturated carbocycles. The molecule has 2 aliphatic rings. The molecule has 7 rings (SSSR count). The Hall–Kier alpha value is -7.15. The SMILES string of the molecule is COc1ccc2c(OCCC3C(=O)NC(C(=O)OCc4ccccc4)COc4cccc(c4)C[C@H](NC(=O)OCc4ccccc4)C(=O)N3C)cc(C3C=CC=CC3)nc2c1. The Kier molecular flexibility index (Phi) is 13.9. The van der Waals surface area contributed by atoms with Gasteiger partial charge in [0.05, 0.1) is 24.9 Å². The normalized spacial score (nSPS) is 19.0. The summed E-state index contributed by atoms with van der Waals surface area (Å²) in [5, 5.41) is 6.27. The number of likely N-dealkylation sites (N-methyl/N-ethyl adjacent to an activating group) is 1. The Balaban J connectivity index is 1.16. The number of ether oxygens (including phenoxy) is 5. The lowest BCUT2D eigenvalue weighted by atomic mass is 9.96. The van der Waals surface area contributed by atoms with Crippen LogP contribution in [0.1, 0.15) is 41.1 Å². The second-order valence-electron chi connectivity index (χ2n) is 14.8. The lowest BCUT2D eigenvalue weighted by molar-refractivity contribution is -0.151. The number of carbonyl (C=O) groups is 4. The van der Waals surface area contributed by atoms with Crippen molar-refractivity contribution in [2.75, 3.05) is 27.4 Å². The van der Waals surface area contributed by atoms with E-state index >= 15 is 0 Å². The second kappa shape index (κ2) is 20.2. The molecular weight excluding hydrogens is 777 g/mol. The first-order valence-corrected chi connectivity index (χ1v) is 20.2. The summed E-state index contributed by atoms with van der Waals surface area (Å²) in [7, 11) is 3.08. The van der Waals surface area contributed by atoms with Crippen molar-refractivity contribution in [2.45, 2.75) is 56.5 Å². The number of alkyl carbamates (subject to hydrolysis) is 1. The highest BCUT2D eigenvalue weighted by atomic mass is 16.6. The molecular formula is C48H48N4O9. The number of nitrogens with zero attached hydrogens (tertiary/aromatic N) is 2. The molecule has 61 heavy (non-hydrogen) atoms. The smallest absolute Gasteiger partial charge is 0.408 e. The van der Waals surface area contributed by atoms with Crippen LogP contribution in [0.25, 0.3) is 10.9 Å². The van der Waals surface area contributed by atoms with Gasteiger partial charge < -0.3 is 39.2 Å². The Morgan fingerprint density at radius 1 is 0.885 bits per heavy atom. The number of hydrogen-bond donors (Lipinski definition) is 2. The highest BCUT2D eigenvalue weighted by Gasteiger charge is 2.36. The van der Waals surface area contributed by atoms with Gasteiger partial charge in [-0.1, -0.05) is 97.1 Å². The number of esters is 1. The van der Waals surface area contributed by atoms with Gasteiger partial charge in [0, 0.05) is 43.3 Å². The summed E-state index contributed by atoms with van der Waals surface area (Å²) in [4.78, 5) is 62.1. The largest absolute Gasteiger partial charge is 0.497 e. The standard InChI is InChI=1S/C48H48N4O9/c1-52-43(23-24-58-44-28-39(35-18-10-5-11-19-35)49-40-27-36(57-2)21-22-38(40)44)45(53)50-42(47(55)60-29-32-13-6-3-7-14-32)31-59-37-20-12-17-34(25-37)26-41(46(52)54)51-48(56)61-30-33-15-8-4-9-16-33/h3-18,20-22,25,27-28,35,41-43H,19,23-24,26,29-31H2,1-2H3,(H,50,53)(H,51,56)/t35?,41-,42?,43?/m0/s1. The van der Waals surface area contributed by atoms with Crippen molar-refractivity contribution in [2.24, 2.45) is 0 Å². The lowest BCUT2D eigenvalue weighted by Gasteiger charge is -2.31. The molecule has 2 N–H and O–H groups in total. The average Bonchev–Trinajstić information content (AvgIpc) is 3.30. The van der Waals surface area contributed by atoms with E-state index in [0.29, 0.717) is 28.3 Å². The first kappa shape index (κ1) is 42.0. The summed E-state index contributed by atoms with van der Waals surface area (Å²) >= 11 is 0. The third-order valence-corrected chi connectivity index (χ3v) is 10.5. The van der Waals surface area contributed by atoms with Gasteiger partial charge in [0.25, 0.3) is 0 Å². The maximum absolute atomic E-state index is 14.6. The Morgan fingerprint density at radius 3 is 2.36 bits per heavy atom. The van der Waals surface area contributed by atoms with Crippen LogP contribution in [-0.4, -0.2) is 79.3 Å². The molecule has 0 radical (unpaired) electrons. The zero-order chi connectivity index (χ0) is 42.6. The molecule has 4 aromatic carbocycles. The van der Waals surface area contributed by atoms with E-state index in [9.17, 15) is 19.2 Å². The fourth-order valence-corrected chi connectivity index (χ4v) is 7.16. The van der Waals surface area contributed by atoms with Gasteiger partial charge in [-0.05, 0) is 47.4 Å². The molecule has 1 aliphatic carbocycles. The number of aromatic nitrogens is 1. The van der Waals surface area contributed by atoms with Crippen molar-refractivity contribution >= 4 is 34.8 Å². The number of hydrogen-bond acceptors (Lipinski definition) is 10. The molecule has 3 amide bonds. The summed E-state index contributed by atoms with van der Waals surface area (Å²) in [6.45, 7) is -0.302. The number of allylic oxidation sites excluding steroid dienone is 4. The number of carbonyl (C=O) groups excluding carboxylic acids is 4. The fourth-order valence-electron chi connectivity index (χ4n) is 7.16. The van der Waals surface area contributed by atoms with Gasteiger partial charge in [-0.15, -0.1) is 0 Å². The van der Waals surface area contributed by atoms with E-state index in [1.165, 1.54) is 11.9 Å². The first-order valence-electron chi connectivity index (χ1n) is 20.2. The zero-order valence-corrected chi connectivity index (χ0v) is 34.0. The maximum Gasteiger partial charge on any atom is 0.408 e. The molecule has 13 nitrogen and oxygen atoms in total. The summed E-state index contributed by atoms with van der Waals surface area (Å²) in [6.07, 6.45) is 8.16. The van der Waals surface area contributed by atoms with Gasteiger partial charge in [-0.2, -0.15) is 0 Å². The number of pyridine rings is 1. The van der Waals surface area contributed by atoms with Gasteiger partial charge in [0.2, 0.25) is 11.8 Å². The van der Waals surface area contributed by atoms with Gasteiger partial charge in [0.1, 0.15) is 49.2 Å². The van der Waals surface area contributed by atoms with Crippen LogP contribution in [0.3, 0.4) is 0 Å². The van der Waals surface area contributed by atoms with Crippen molar-refractivity contribution in [1.29, 1.82) is 0 Å². The minimum atomic E-state index is -1.24. The van der Waals surface area contributed by atoms with Crippen molar-refractivity contribution < 1.29 is 42.9 Å². The van der Waals surface area contributed by atoms with Gasteiger partial charge in [0.15, 0.2) is 6.04 Å². The van der Waals surface area contributed by atoms with E-state index in [4.69, 9.17) is 28.7 Å². The van der Waals surface area contributed by atoms with Crippen LogP contribution in [0, 0.1) is 0 Å². The van der Waals surface area contributed by atoms with Crippen molar-refractivity contribution in [3.63, 3.8) is 0 Å². The third kappa shape index (κ3) is 11.1. The minimum absolute atomic E-state index is 0.00100.